The van der Waals surface area contributed by atoms with Crippen LogP contribution in [0.1, 0.15) is 29.7 Å². The Balaban J connectivity index is 1.58. The topological polar surface area (TPSA) is 72.0 Å². The zero-order chi connectivity index (χ0) is 41.4. The molecule has 0 aliphatic heterocycles. The van der Waals surface area contributed by atoms with E-state index in [9.17, 15) is 53.4 Å². The fraction of sp³-hybridized carbons (Fsp3) is 0.182. The first kappa shape index (κ1) is 39.8. The third-order valence-corrected chi connectivity index (χ3v) is 8.70. The molecule has 2 atom stereocenters. The predicted octanol–water partition coefficient (Wildman–Crippen LogP) is 8.75. The number of alkyl halides is 4. The number of benzene rings is 4. The van der Waals surface area contributed by atoms with Crippen LogP contribution in [-0.4, -0.2) is 29.7 Å². The van der Waals surface area contributed by atoms with Gasteiger partial charge in [-0.25, -0.2) is 67.3 Å². The molecule has 0 aliphatic carbocycles. The third-order valence-electron chi connectivity index (χ3n) is 8.70. The Morgan fingerprint density at radius 1 is 0.679 bits per heavy atom. The molecule has 7 nitrogen and oxygen atoms in total. The van der Waals surface area contributed by atoms with Crippen LogP contribution in [0.5, 0.6) is 0 Å². The van der Waals surface area contributed by atoms with E-state index in [1.54, 1.807) is 0 Å². The lowest BCUT2D eigenvalue weighted by atomic mass is 9.86. The first-order valence-corrected chi connectivity index (χ1v) is 15.1. The second kappa shape index (κ2) is 13.7. The van der Waals surface area contributed by atoms with E-state index in [1.165, 1.54) is 6.92 Å². The lowest BCUT2D eigenvalue weighted by Gasteiger charge is -2.39. The second-order valence-corrected chi connectivity index (χ2v) is 12.0. The third kappa shape index (κ3) is 6.12. The van der Waals surface area contributed by atoms with Crippen molar-refractivity contribution in [3.63, 3.8) is 0 Å². The van der Waals surface area contributed by atoms with Crippen LogP contribution in [0.15, 0.2) is 55.2 Å². The van der Waals surface area contributed by atoms with Gasteiger partial charge in [-0.2, -0.15) is 27.8 Å². The monoisotopic (exact) mass is 816 g/mol. The molecule has 6 rings (SSSR count). The molecule has 1 N–H and O–H groups in total. The molecule has 296 valence electrons. The van der Waals surface area contributed by atoms with Crippen LogP contribution in [0.4, 0.5) is 75.9 Å². The summed E-state index contributed by atoms with van der Waals surface area (Å²) in [4.78, 5) is 1.73. The molecule has 4 aromatic carbocycles. The first-order chi connectivity index (χ1) is 26.0. The largest absolute Gasteiger partial charge is 0.381 e. The quantitative estimate of drug-likeness (QED) is 0.0649. The van der Waals surface area contributed by atoms with Gasteiger partial charge in [0.25, 0.3) is 0 Å². The number of nitrogens with zero attached hydrogens (tertiary/aromatic N) is 6. The van der Waals surface area contributed by atoms with Gasteiger partial charge < -0.3 is 5.11 Å². The van der Waals surface area contributed by atoms with Crippen molar-refractivity contribution in [3.8, 4) is 0 Å². The molecule has 0 saturated carbocycles. The highest BCUT2D eigenvalue weighted by atomic mass is 19.3. The molecule has 2 heterocycles. The van der Waals surface area contributed by atoms with E-state index in [-0.39, 0.29) is 12.1 Å². The Hall–Kier alpha value is -5.87. The summed E-state index contributed by atoms with van der Waals surface area (Å²) in [7, 11) is 0. The van der Waals surface area contributed by atoms with E-state index >= 15 is 22.0 Å². The molecule has 2 aromatic heterocycles. The van der Waals surface area contributed by atoms with Crippen LogP contribution in [0, 0.1) is 69.8 Å². The zero-order valence-electron chi connectivity index (χ0n) is 27.2. The fourth-order valence-corrected chi connectivity index (χ4v) is 5.89. The number of halogens is 16. The Morgan fingerprint density at radius 3 is 1.64 bits per heavy atom. The van der Waals surface area contributed by atoms with Crippen LogP contribution in [0.2, 0.25) is 0 Å². The smallest absolute Gasteiger partial charge is 0.363 e. The molecule has 0 bridgehead atoms. The van der Waals surface area contributed by atoms with Crippen LogP contribution in [-0.2, 0) is 24.2 Å². The molecule has 0 spiro atoms. The number of hydrogen-bond acceptors (Lipinski definition) is 5. The minimum atomic E-state index is -6.32. The number of anilines is 1. The Morgan fingerprint density at radius 2 is 1.18 bits per heavy atom. The SMILES string of the molecule is C[C@@H](n1cc2cc(N(C(F)(F)c3c(F)c(F)c(F)c(F)c3F)C(F)(F)c3c(F)c(F)c(F)c(F)c3F)ccc2n1)[C@](O)(Cn1cncn1)c1ccc(F)cc1F. The van der Waals surface area contributed by atoms with Crippen LogP contribution < -0.4 is 4.90 Å². The molecular formula is C33H16F16N6O. The molecule has 0 aliphatic rings. The van der Waals surface area contributed by atoms with Gasteiger partial charge in [0.2, 0.25) is 11.6 Å². The molecule has 0 saturated heterocycles. The van der Waals surface area contributed by atoms with Crippen molar-refractivity contribution in [1.82, 2.24) is 24.5 Å². The van der Waals surface area contributed by atoms with Gasteiger partial charge in [0.15, 0.2) is 46.5 Å². The van der Waals surface area contributed by atoms with Crippen molar-refractivity contribution in [2.45, 2.75) is 37.2 Å². The maximum Gasteiger partial charge on any atom is 0.363 e. The Kier molecular flexibility index (Phi) is 9.74. The maximum absolute atomic E-state index is 16.2. The molecular weight excluding hydrogens is 800 g/mol. The molecule has 23 heteroatoms. The average molecular weight is 816 g/mol. The van der Waals surface area contributed by atoms with Gasteiger partial charge >= 0.3 is 12.1 Å². The van der Waals surface area contributed by atoms with E-state index in [0.717, 1.165) is 40.3 Å². The Labute approximate surface area is 300 Å². The number of aliphatic hydroxyl groups is 1. The number of fused-ring (bicyclic) bond motifs is 1. The highest BCUT2D eigenvalue weighted by Gasteiger charge is 2.60. The second-order valence-electron chi connectivity index (χ2n) is 12.0. The summed E-state index contributed by atoms with van der Waals surface area (Å²) in [5.74, 6) is -34.5. The average Bonchev–Trinajstić information content (AvgIpc) is 3.80. The number of rotatable bonds is 10. The predicted molar refractivity (Wildman–Crippen MR) is 157 cm³/mol. The van der Waals surface area contributed by atoms with Crippen molar-refractivity contribution in [3.05, 3.63) is 142 Å². The summed E-state index contributed by atoms with van der Waals surface area (Å²) in [6, 6.07) is -11.2. The Bertz CT molecular complexity index is 2370. The van der Waals surface area contributed by atoms with Gasteiger partial charge in [-0.3, -0.25) is 4.68 Å². The van der Waals surface area contributed by atoms with Crippen molar-refractivity contribution in [1.29, 1.82) is 0 Å². The van der Waals surface area contributed by atoms with Crippen molar-refractivity contribution in [2.75, 3.05) is 4.90 Å². The van der Waals surface area contributed by atoms with Gasteiger partial charge in [-0.05, 0) is 31.2 Å². The van der Waals surface area contributed by atoms with Gasteiger partial charge in [0.1, 0.15) is 41.0 Å². The number of hydrogen-bond donors (Lipinski definition) is 1. The fourth-order valence-electron chi connectivity index (χ4n) is 5.89. The van der Waals surface area contributed by atoms with E-state index in [0.29, 0.717) is 12.1 Å². The minimum Gasteiger partial charge on any atom is -0.381 e. The van der Waals surface area contributed by atoms with Gasteiger partial charge in [0, 0.05) is 28.9 Å². The molecule has 0 unspecified atom stereocenters. The summed E-state index contributed by atoms with van der Waals surface area (Å²) >= 11 is 0. The highest BCUT2D eigenvalue weighted by molar-refractivity contribution is 5.82. The molecule has 56 heavy (non-hydrogen) atoms. The minimum absolute atomic E-state index is 0.172. The molecule has 0 fully saturated rings. The van der Waals surface area contributed by atoms with E-state index in [1.807, 2.05) is 0 Å². The zero-order valence-corrected chi connectivity index (χ0v) is 27.2. The van der Waals surface area contributed by atoms with Gasteiger partial charge in [-0.15, -0.1) is 0 Å². The van der Waals surface area contributed by atoms with Gasteiger partial charge in [0.05, 0.1) is 18.1 Å². The summed E-state index contributed by atoms with van der Waals surface area (Å²) in [6.07, 6.45) is 2.88. The van der Waals surface area contributed by atoms with Crippen LogP contribution in [0.3, 0.4) is 0 Å². The van der Waals surface area contributed by atoms with E-state index < -0.39 is 138 Å². The van der Waals surface area contributed by atoms with E-state index in [4.69, 9.17) is 0 Å². The van der Waals surface area contributed by atoms with Crippen molar-refractivity contribution < 1.29 is 75.4 Å². The summed E-state index contributed by atoms with van der Waals surface area (Å²) in [5.41, 5.74) is -11.9. The van der Waals surface area contributed by atoms with Crippen LogP contribution in [0.25, 0.3) is 10.9 Å². The first-order valence-electron chi connectivity index (χ1n) is 15.1. The number of aromatic nitrogens is 5. The lowest BCUT2D eigenvalue weighted by molar-refractivity contribution is -0.121. The highest BCUT2D eigenvalue weighted by Crippen LogP contribution is 2.51. The molecule has 6 aromatic rings. The summed E-state index contributed by atoms with van der Waals surface area (Å²) in [5, 5.41) is 19.1. The molecule has 0 amide bonds. The lowest BCUT2D eigenvalue weighted by Crippen LogP contribution is -2.51. The summed E-state index contributed by atoms with van der Waals surface area (Å²) in [6.45, 7) is 0.529. The normalized spacial score (nSPS) is 14.0. The maximum atomic E-state index is 16.2. The standard InChI is InChI=1S/C33H16F16N6O/c1-12(31(56,9-53-11-50-10-51-53)16-4-2-14(34)7-17(16)35)54-8-13-6-15(3-5-18(13)52-54)55(32(46,47)19-21(36)25(40)29(44)26(41)22(19)37)33(48,49)20-23(38)27(42)30(45)28(43)24(20)39/h2-8,10-12,56H,9H2,1H3/t12-,31-/m1/s1. The van der Waals surface area contributed by atoms with Crippen molar-refractivity contribution in [2.24, 2.45) is 0 Å². The summed E-state index contributed by atoms with van der Waals surface area (Å²) < 4.78 is 239. The van der Waals surface area contributed by atoms with Crippen LogP contribution >= 0.6 is 0 Å². The van der Waals surface area contributed by atoms with E-state index in [2.05, 4.69) is 15.2 Å². The van der Waals surface area contributed by atoms with Crippen molar-refractivity contribution >= 4 is 16.6 Å². The van der Waals surface area contributed by atoms with Gasteiger partial charge in [-0.1, -0.05) is 6.07 Å². The molecule has 0 radical (unpaired) electrons.